The third-order valence-electron chi connectivity index (χ3n) is 3.45. The molecular formula is C17H19ClO. The Labute approximate surface area is 120 Å². The Hall–Kier alpha value is -1.47. The van der Waals surface area contributed by atoms with Gasteiger partial charge in [0.15, 0.2) is 0 Å². The van der Waals surface area contributed by atoms with Crippen molar-refractivity contribution >= 4 is 11.6 Å². The summed E-state index contributed by atoms with van der Waals surface area (Å²) in [6.07, 6.45) is 0.834. The molecule has 0 bridgehead atoms. The second-order valence-electron chi connectivity index (χ2n) is 4.83. The van der Waals surface area contributed by atoms with E-state index in [1.54, 1.807) is 7.11 Å². The van der Waals surface area contributed by atoms with Gasteiger partial charge in [-0.25, -0.2) is 0 Å². The van der Waals surface area contributed by atoms with Gasteiger partial charge in [0, 0.05) is 0 Å². The van der Waals surface area contributed by atoms with Crippen molar-refractivity contribution in [1.29, 1.82) is 0 Å². The second-order valence-corrected chi connectivity index (χ2v) is 5.35. The van der Waals surface area contributed by atoms with E-state index in [-0.39, 0.29) is 5.38 Å². The molecule has 100 valence electrons. The molecule has 0 aromatic heterocycles. The standard InChI is InChI=1S/C17H19ClO/c1-12-6-4-5-7-14(12)10-16(18)15-9-8-13(2)17(11-15)19-3/h4-9,11,16H,10H2,1-3H3. The Morgan fingerprint density at radius 1 is 1.05 bits per heavy atom. The maximum atomic E-state index is 6.54. The fourth-order valence-electron chi connectivity index (χ4n) is 2.18. The lowest BCUT2D eigenvalue weighted by molar-refractivity contribution is 0.411. The molecule has 0 aliphatic carbocycles. The van der Waals surface area contributed by atoms with Gasteiger partial charge in [-0.1, -0.05) is 36.4 Å². The van der Waals surface area contributed by atoms with Crippen LogP contribution < -0.4 is 4.74 Å². The van der Waals surface area contributed by atoms with Gasteiger partial charge in [-0.2, -0.15) is 0 Å². The Morgan fingerprint density at radius 3 is 2.47 bits per heavy atom. The number of halogens is 1. The highest BCUT2D eigenvalue weighted by Gasteiger charge is 2.12. The molecule has 1 nitrogen and oxygen atoms in total. The molecule has 0 spiro atoms. The largest absolute Gasteiger partial charge is 0.496 e. The molecule has 0 saturated carbocycles. The van der Waals surface area contributed by atoms with Crippen LogP contribution in [-0.2, 0) is 6.42 Å². The number of benzene rings is 2. The number of aryl methyl sites for hydroxylation is 2. The number of hydrogen-bond donors (Lipinski definition) is 0. The van der Waals surface area contributed by atoms with E-state index in [0.29, 0.717) is 0 Å². The van der Waals surface area contributed by atoms with Gasteiger partial charge in [-0.3, -0.25) is 0 Å². The maximum absolute atomic E-state index is 6.54. The SMILES string of the molecule is COc1cc(C(Cl)Cc2ccccc2C)ccc1C. The minimum absolute atomic E-state index is 0.0319. The molecule has 0 saturated heterocycles. The molecular weight excluding hydrogens is 256 g/mol. The topological polar surface area (TPSA) is 9.23 Å². The van der Waals surface area contributed by atoms with E-state index in [9.17, 15) is 0 Å². The van der Waals surface area contributed by atoms with Crippen LogP contribution in [0.4, 0.5) is 0 Å². The Kier molecular flexibility index (Phi) is 4.49. The molecule has 0 fully saturated rings. The fourth-order valence-corrected chi connectivity index (χ4v) is 2.48. The van der Waals surface area contributed by atoms with Crippen LogP contribution in [0.5, 0.6) is 5.75 Å². The highest BCUT2D eigenvalue weighted by atomic mass is 35.5. The summed E-state index contributed by atoms with van der Waals surface area (Å²) in [5, 5.41) is -0.0319. The number of hydrogen-bond acceptors (Lipinski definition) is 1. The molecule has 0 radical (unpaired) electrons. The Balaban J connectivity index is 2.20. The van der Waals surface area contributed by atoms with Crippen molar-refractivity contribution in [1.82, 2.24) is 0 Å². The normalized spacial score (nSPS) is 12.2. The molecule has 1 atom stereocenters. The van der Waals surface area contributed by atoms with E-state index in [0.717, 1.165) is 23.3 Å². The Morgan fingerprint density at radius 2 is 1.79 bits per heavy atom. The van der Waals surface area contributed by atoms with Crippen molar-refractivity contribution in [2.24, 2.45) is 0 Å². The highest BCUT2D eigenvalue weighted by molar-refractivity contribution is 6.21. The summed E-state index contributed by atoms with van der Waals surface area (Å²) >= 11 is 6.54. The zero-order valence-corrected chi connectivity index (χ0v) is 12.4. The van der Waals surface area contributed by atoms with Gasteiger partial charge >= 0.3 is 0 Å². The van der Waals surface area contributed by atoms with Crippen LogP contribution >= 0.6 is 11.6 Å². The lowest BCUT2D eigenvalue weighted by Crippen LogP contribution is -1.99. The first-order valence-corrected chi connectivity index (χ1v) is 6.88. The zero-order valence-electron chi connectivity index (χ0n) is 11.6. The first-order chi connectivity index (χ1) is 9.11. The van der Waals surface area contributed by atoms with E-state index < -0.39 is 0 Å². The molecule has 2 heteroatoms. The average molecular weight is 275 g/mol. The molecule has 0 heterocycles. The summed E-state index contributed by atoms with van der Waals surface area (Å²) in [7, 11) is 1.69. The van der Waals surface area contributed by atoms with Crippen molar-refractivity contribution in [2.45, 2.75) is 25.6 Å². The summed E-state index contributed by atoms with van der Waals surface area (Å²) in [4.78, 5) is 0. The van der Waals surface area contributed by atoms with Gasteiger partial charge in [0.2, 0.25) is 0 Å². The first-order valence-electron chi connectivity index (χ1n) is 6.45. The van der Waals surface area contributed by atoms with Crippen molar-refractivity contribution in [3.8, 4) is 5.75 Å². The summed E-state index contributed by atoms with van der Waals surface area (Å²) in [5.41, 5.74) is 4.81. The van der Waals surface area contributed by atoms with Gasteiger partial charge in [-0.15, -0.1) is 11.6 Å². The first kappa shape index (κ1) is 14.0. The lowest BCUT2D eigenvalue weighted by atomic mass is 9.99. The fraction of sp³-hybridized carbons (Fsp3) is 0.294. The van der Waals surface area contributed by atoms with Gasteiger partial charge < -0.3 is 4.74 Å². The number of rotatable bonds is 4. The predicted molar refractivity (Wildman–Crippen MR) is 81.2 cm³/mol. The summed E-state index contributed by atoms with van der Waals surface area (Å²) in [6, 6.07) is 14.5. The molecule has 0 aliphatic rings. The smallest absolute Gasteiger partial charge is 0.122 e. The minimum Gasteiger partial charge on any atom is -0.496 e. The minimum atomic E-state index is -0.0319. The number of methoxy groups -OCH3 is 1. The monoisotopic (exact) mass is 274 g/mol. The second kappa shape index (κ2) is 6.12. The van der Waals surface area contributed by atoms with Crippen LogP contribution in [0, 0.1) is 13.8 Å². The Bertz CT molecular complexity index is 563. The quantitative estimate of drug-likeness (QED) is 0.725. The highest BCUT2D eigenvalue weighted by Crippen LogP contribution is 2.30. The summed E-state index contributed by atoms with van der Waals surface area (Å²) in [6.45, 7) is 4.15. The predicted octanol–water partition coefficient (Wildman–Crippen LogP) is 4.83. The van der Waals surface area contributed by atoms with Crippen molar-refractivity contribution in [3.63, 3.8) is 0 Å². The molecule has 0 N–H and O–H groups in total. The summed E-state index contributed by atoms with van der Waals surface area (Å²) < 4.78 is 5.35. The van der Waals surface area contributed by atoms with E-state index >= 15 is 0 Å². The van der Waals surface area contributed by atoms with Gasteiger partial charge in [0.05, 0.1) is 12.5 Å². The van der Waals surface area contributed by atoms with Crippen LogP contribution in [0.15, 0.2) is 42.5 Å². The molecule has 2 rings (SSSR count). The van der Waals surface area contributed by atoms with Gasteiger partial charge in [-0.05, 0) is 48.6 Å². The number of ether oxygens (including phenoxy) is 1. The van der Waals surface area contributed by atoms with Crippen molar-refractivity contribution in [3.05, 3.63) is 64.7 Å². The molecule has 0 amide bonds. The average Bonchev–Trinajstić information content (AvgIpc) is 2.42. The van der Waals surface area contributed by atoms with Crippen LogP contribution in [-0.4, -0.2) is 7.11 Å². The van der Waals surface area contributed by atoms with Crippen LogP contribution in [0.2, 0.25) is 0 Å². The van der Waals surface area contributed by atoms with E-state index in [1.807, 2.05) is 13.0 Å². The maximum Gasteiger partial charge on any atom is 0.122 e. The molecule has 2 aromatic carbocycles. The summed E-state index contributed by atoms with van der Waals surface area (Å²) in [5.74, 6) is 0.896. The molecule has 2 aromatic rings. The van der Waals surface area contributed by atoms with Crippen LogP contribution in [0.3, 0.4) is 0 Å². The third kappa shape index (κ3) is 3.30. The van der Waals surface area contributed by atoms with Gasteiger partial charge in [0.25, 0.3) is 0 Å². The lowest BCUT2D eigenvalue weighted by Gasteiger charge is -2.14. The van der Waals surface area contributed by atoms with E-state index in [4.69, 9.17) is 16.3 Å². The molecule has 19 heavy (non-hydrogen) atoms. The van der Waals surface area contributed by atoms with Crippen LogP contribution in [0.25, 0.3) is 0 Å². The van der Waals surface area contributed by atoms with Crippen molar-refractivity contribution in [2.75, 3.05) is 7.11 Å². The van der Waals surface area contributed by atoms with E-state index in [2.05, 4.69) is 43.3 Å². The van der Waals surface area contributed by atoms with E-state index in [1.165, 1.54) is 11.1 Å². The molecule has 1 unspecified atom stereocenters. The zero-order chi connectivity index (χ0) is 13.8. The van der Waals surface area contributed by atoms with Crippen LogP contribution in [0.1, 0.15) is 27.6 Å². The van der Waals surface area contributed by atoms with Crippen molar-refractivity contribution < 1.29 is 4.74 Å². The van der Waals surface area contributed by atoms with Gasteiger partial charge in [0.1, 0.15) is 5.75 Å². The molecule has 0 aliphatic heterocycles. The number of alkyl halides is 1. The third-order valence-corrected chi connectivity index (χ3v) is 3.86.